The molecule has 5 rings (SSSR count). The van der Waals surface area contributed by atoms with E-state index in [2.05, 4.69) is 39.9 Å². The highest BCUT2D eigenvalue weighted by molar-refractivity contribution is 6.01. The van der Waals surface area contributed by atoms with E-state index in [4.69, 9.17) is 4.74 Å². The zero-order valence-electron chi connectivity index (χ0n) is 23.0. The summed E-state index contributed by atoms with van der Waals surface area (Å²) in [5, 5.41) is 6.72. The number of carbonyl (C=O) groups is 1. The zero-order valence-corrected chi connectivity index (χ0v) is 23.0. The van der Waals surface area contributed by atoms with Crippen molar-refractivity contribution < 1.29 is 14.0 Å². The lowest BCUT2D eigenvalue weighted by Gasteiger charge is -2.40. The van der Waals surface area contributed by atoms with Crippen LogP contribution in [0.2, 0.25) is 0 Å². The second-order valence-corrected chi connectivity index (χ2v) is 11.0. The number of halogens is 1. The van der Waals surface area contributed by atoms with Crippen molar-refractivity contribution in [3.8, 4) is 0 Å². The number of hydrogen-bond donors (Lipinski definition) is 1. The molecule has 6 nitrogen and oxygen atoms in total. The van der Waals surface area contributed by atoms with Crippen molar-refractivity contribution in [2.75, 3.05) is 13.1 Å². The van der Waals surface area contributed by atoms with Crippen LogP contribution in [0.3, 0.4) is 0 Å². The number of nitrogens with one attached hydrogen (secondary N) is 1. The number of benzene rings is 2. The Kier molecular flexibility index (Phi) is 8.77. The van der Waals surface area contributed by atoms with Gasteiger partial charge in [0, 0.05) is 47.3 Å². The highest BCUT2D eigenvalue weighted by Crippen LogP contribution is 2.36. The zero-order chi connectivity index (χ0) is 27.2. The fourth-order valence-electron chi connectivity index (χ4n) is 6.39. The van der Waals surface area contributed by atoms with Gasteiger partial charge in [0.1, 0.15) is 6.61 Å². The van der Waals surface area contributed by atoms with E-state index in [1.807, 2.05) is 48.5 Å². The molecule has 2 fully saturated rings. The molecule has 0 radical (unpaired) electrons. The van der Waals surface area contributed by atoms with Gasteiger partial charge in [0.2, 0.25) is 0 Å². The molecular formula is C32H39FN4O2. The number of piperidine rings is 1. The minimum Gasteiger partial charge on any atom is -0.445 e. The average molecular weight is 531 g/mol. The summed E-state index contributed by atoms with van der Waals surface area (Å²) in [7, 11) is 0. The van der Waals surface area contributed by atoms with Crippen LogP contribution in [0, 0.1) is 0 Å². The van der Waals surface area contributed by atoms with E-state index in [0.717, 1.165) is 48.1 Å². The molecule has 2 aliphatic rings. The molecule has 3 aromatic rings. The lowest BCUT2D eigenvalue weighted by Crippen LogP contribution is -2.43. The van der Waals surface area contributed by atoms with Gasteiger partial charge in [0.05, 0.1) is 12.8 Å². The molecule has 1 saturated heterocycles. The van der Waals surface area contributed by atoms with E-state index in [0.29, 0.717) is 11.6 Å². The molecule has 0 atom stereocenters. The summed E-state index contributed by atoms with van der Waals surface area (Å²) in [6, 6.07) is 18.6. The van der Waals surface area contributed by atoms with Crippen LogP contribution in [0.5, 0.6) is 0 Å². The largest absolute Gasteiger partial charge is 0.445 e. The van der Waals surface area contributed by atoms with Crippen LogP contribution in [-0.4, -0.2) is 40.9 Å². The standard InChI is InChI=1S/C32H39FN4O2/c1-23(2)25-12-14-26(15-13-25)36-18-16-27(17-19-36)37-30-11-7-6-10-28(30)29(20-35-33)31(37)21-34-32(38)39-22-24-8-4-3-5-9-24/h3-11,20,26-27H,12-19,21-22H2,1-2H3,(H,34,38). The van der Waals surface area contributed by atoms with Gasteiger partial charge in [-0.25, -0.2) is 4.79 Å². The van der Waals surface area contributed by atoms with Crippen LogP contribution in [0.4, 0.5) is 9.28 Å². The van der Waals surface area contributed by atoms with E-state index in [9.17, 15) is 9.28 Å². The molecule has 1 aliphatic carbocycles. The van der Waals surface area contributed by atoms with E-state index >= 15 is 0 Å². The van der Waals surface area contributed by atoms with Crippen molar-refractivity contribution in [3.63, 3.8) is 0 Å². The van der Waals surface area contributed by atoms with Gasteiger partial charge in [-0.05, 0) is 64.0 Å². The smallest absolute Gasteiger partial charge is 0.407 e. The molecule has 7 heteroatoms. The van der Waals surface area contributed by atoms with Crippen molar-refractivity contribution in [1.82, 2.24) is 14.8 Å². The fraction of sp³-hybridized carbons (Fsp3) is 0.438. The Morgan fingerprint density at radius 1 is 1.00 bits per heavy atom. The third kappa shape index (κ3) is 6.25. The SMILES string of the molecule is CC(C)=C1CCC(N2CCC(n3c(CNC(=O)OCc4ccccc4)c(C=NF)c4ccccc43)CC2)CC1. The first kappa shape index (κ1) is 27.1. The number of allylic oxidation sites excluding steroid dienone is 2. The molecule has 0 bridgehead atoms. The Labute approximate surface area is 230 Å². The predicted molar refractivity (Wildman–Crippen MR) is 155 cm³/mol. The Morgan fingerprint density at radius 2 is 1.69 bits per heavy atom. The van der Waals surface area contributed by atoms with Gasteiger partial charge in [-0.3, -0.25) is 0 Å². The van der Waals surface area contributed by atoms with Crippen molar-refractivity contribution in [3.05, 3.63) is 82.6 Å². The Hall–Kier alpha value is -3.45. The summed E-state index contributed by atoms with van der Waals surface area (Å²) < 4.78 is 21.1. The molecule has 0 spiro atoms. The summed E-state index contributed by atoms with van der Waals surface area (Å²) in [6.07, 6.45) is 7.73. The molecular weight excluding hydrogens is 491 g/mol. The summed E-state index contributed by atoms with van der Waals surface area (Å²) in [5.74, 6) is 0. The van der Waals surface area contributed by atoms with Crippen LogP contribution in [0.15, 0.2) is 71.0 Å². The maximum atomic E-state index is 13.3. The van der Waals surface area contributed by atoms with Gasteiger partial charge in [-0.2, -0.15) is 0 Å². The minimum atomic E-state index is -0.498. The Balaban J connectivity index is 1.31. The number of likely N-dealkylation sites (tertiary alicyclic amines) is 1. The predicted octanol–water partition coefficient (Wildman–Crippen LogP) is 7.29. The van der Waals surface area contributed by atoms with Crippen LogP contribution >= 0.6 is 0 Å². The first-order valence-corrected chi connectivity index (χ1v) is 14.1. The molecule has 1 aromatic heterocycles. The third-order valence-electron chi connectivity index (χ3n) is 8.49. The van der Waals surface area contributed by atoms with Crippen LogP contribution in [-0.2, 0) is 17.9 Å². The fourth-order valence-corrected chi connectivity index (χ4v) is 6.39. The summed E-state index contributed by atoms with van der Waals surface area (Å²) in [5.41, 5.74) is 6.67. The van der Waals surface area contributed by atoms with Gasteiger partial charge in [0.25, 0.3) is 0 Å². The number of para-hydroxylation sites is 1. The van der Waals surface area contributed by atoms with Gasteiger partial charge in [-0.15, -0.1) is 0 Å². The van der Waals surface area contributed by atoms with Gasteiger partial charge < -0.3 is 19.5 Å². The second kappa shape index (κ2) is 12.6. The van der Waals surface area contributed by atoms with Crippen LogP contribution < -0.4 is 5.32 Å². The highest BCUT2D eigenvalue weighted by atomic mass is 19.2. The number of amides is 1. The molecule has 206 valence electrons. The van der Waals surface area contributed by atoms with Crippen LogP contribution in [0.25, 0.3) is 10.9 Å². The molecule has 0 unspecified atom stereocenters. The molecule has 1 amide bonds. The van der Waals surface area contributed by atoms with Crippen molar-refractivity contribution in [1.29, 1.82) is 0 Å². The van der Waals surface area contributed by atoms with Crippen molar-refractivity contribution in [2.24, 2.45) is 5.21 Å². The highest BCUT2D eigenvalue weighted by Gasteiger charge is 2.30. The first-order valence-electron chi connectivity index (χ1n) is 14.1. The number of carbonyl (C=O) groups excluding carboxylic acids is 1. The number of nitrogens with zero attached hydrogens (tertiary/aromatic N) is 3. The lowest BCUT2D eigenvalue weighted by atomic mass is 9.86. The number of rotatable bonds is 7. The lowest BCUT2D eigenvalue weighted by molar-refractivity contribution is 0.116. The van der Waals surface area contributed by atoms with E-state index in [1.54, 1.807) is 5.57 Å². The first-order chi connectivity index (χ1) is 19.0. The van der Waals surface area contributed by atoms with Crippen LogP contribution in [0.1, 0.15) is 75.2 Å². The Bertz CT molecular complexity index is 1320. The normalized spacial score (nSPS) is 19.1. The number of alkyl carbamates (subject to hydrolysis) is 1. The number of aromatic nitrogens is 1. The second-order valence-electron chi connectivity index (χ2n) is 11.0. The molecule has 39 heavy (non-hydrogen) atoms. The molecule has 2 heterocycles. The van der Waals surface area contributed by atoms with E-state index in [1.165, 1.54) is 37.5 Å². The monoisotopic (exact) mass is 530 g/mol. The van der Waals surface area contributed by atoms with Gasteiger partial charge in [0.15, 0.2) is 0 Å². The topological polar surface area (TPSA) is 58.9 Å². The van der Waals surface area contributed by atoms with Gasteiger partial charge >= 0.3 is 6.09 Å². The molecule has 1 N–H and O–H groups in total. The third-order valence-corrected chi connectivity index (χ3v) is 8.49. The number of hydrogen-bond acceptors (Lipinski definition) is 4. The summed E-state index contributed by atoms with van der Waals surface area (Å²) >= 11 is 0. The minimum absolute atomic E-state index is 0.198. The maximum Gasteiger partial charge on any atom is 0.407 e. The maximum absolute atomic E-state index is 13.3. The summed E-state index contributed by atoms with van der Waals surface area (Å²) in [4.78, 5) is 15.3. The summed E-state index contributed by atoms with van der Waals surface area (Å²) in [6.45, 7) is 7.00. The van der Waals surface area contributed by atoms with Gasteiger partial charge in [-0.1, -0.05) is 69.4 Å². The van der Waals surface area contributed by atoms with Crippen molar-refractivity contribution in [2.45, 2.75) is 77.6 Å². The number of ether oxygens (including phenoxy) is 1. The quantitative estimate of drug-likeness (QED) is 0.258. The molecule has 1 aliphatic heterocycles. The Morgan fingerprint density at radius 3 is 2.38 bits per heavy atom. The molecule has 1 saturated carbocycles. The molecule has 2 aromatic carbocycles. The average Bonchev–Trinajstić information content (AvgIpc) is 3.29. The van der Waals surface area contributed by atoms with E-state index < -0.39 is 6.09 Å². The van der Waals surface area contributed by atoms with E-state index in [-0.39, 0.29) is 19.2 Å². The van der Waals surface area contributed by atoms with Crippen molar-refractivity contribution >= 4 is 23.2 Å². The number of fused-ring (bicyclic) bond motifs is 1.